The Morgan fingerprint density at radius 1 is 1.37 bits per heavy atom. The fourth-order valence-corrected chi connectivity index (χ4v) is 1.67. The second-order valence-electron chi connectivity index (χ2n) is 3.91. The minimum atomic E-state index is -0.582. The summed E-state index contributed by atoms with van der Waals surface area (Å²) in [6.45, 7) is 0.831. The highest BCUT2D eigenvalue weighted by Crippen LogP contribution is 2.22. The second kappa shape index (κ2) is 5.25. The number of amides is 2. The fraction of sp³-hybridized carbons (Fsp3) is 0.182. The Morgan fingerprint density at radius 2 is 2.16 bits per heavy atom. The Bertz CT molecular complexity index is 666. The second-order valence-corrected chi connectivity index (χ2v) is 3.91. The maximum absolute atomic E-state index is 11.5. The zero-order chi connectivity index (χ0) is 13.8. The van der Waals surface area contributed by atoms with E-state index in [1.165, 1.54) is 6.33 Å². The highest BCUT2D eigenvalue weighted by atomic mass is 16.2. The van der Waals surface area contributed by atoms with Crippen molar-refractivity contribution < 1.29 is 4.79 Å². The molecule has 100 valence electrons. The summed E-state index contributed by atoms with van der Waals surface area (Å²) in [5, 5.41) is 5.91. The molecule has 1 aromatic heterocycles. The van der Waals surface area contributed by atoms with E-state index in [4.69, 9.17) is 11.5 Å². The van der Waals surface area contributed by atoms with E-state index in [9.17, 15) is 9.59 Å². The Hall–Kier alpha value is -2.77. The van der Waals surface area contributed by atoms with Crippen molar-refractivity contribution >= 4 is 28.3 Å². The lowest BCUT2D eigenvalue weighted by Crippen LogP contribution is -2.33. The maximum atomic E-state index is 11.5. The number of nitrogens with one attached hydrogen (secondary N) is 3. The van der Waals surface area contributed by atoms with Crippen molar-refractivity contribution in [3.05, 3.63) is 28.8 Å². The number of carbonyl (C=O) groups excluding carboxylic acids is 1. The van der Waals surface area contributed by atoms with Gasteiger partial charge in [0.05, 0.1) is 28.6 Å². The summed E-state index contributed by atoms with van der Waals surface area (Å²) in [5.41, 5.74) is 12.2. The summed E-state index contributed by atoms with van der Waals surface area (Å²) in [4.78, 5) is 28.6. The van der Waals surface area contributed by atoms with Gasteiger partial charge in [0.25, 0.3) is 5.56 Å². The number of hydrogen-bond acceptors (Lipinski definition) is 5. The van der Waals surface area contributed by atoms with E-state index in [-0.39, 0.29) is 5.56 Å². The molecular weight excluding hydrogens is 248 g/mol. The Morgan fingerprint density at radius 3 is 2.89 bits per heavy atom. The number of aromatic nitrogens is 2. The van der Waals surface area contributed by atoms with Gasteiger partial charge in [-0.1, -0.05) is 0 Å². The SMILES string of the molecule is NC(=O)NCCNc1cc2nc[nH]c(=O)c2cc1N. The molecule has 2 rings (SSSR count). The van der Waals surface area contributed by atoms with Crippen molar-refractivity contribution in [2.75, 3.05) is 24.1 Å². The van der Waals surface area contributed by atoms with Crippen molar-refractivity contribution in [2.24, 2.45) is 5.73 Å². The number of aromatic amines is 1. The minimum absolute atomic E-state index is 0.237. The first-order chi connectivity index (χ1) is 9.08. The van der Waals surface area contributed by atoms with E-state index in [1.807, 2.05) is 0 Å². The number of fused-ring (bicyclic) bond motifs is 1. The molecule has 0 radical (unpaired) electrons. The van der Waals surface area contributed by atoms with Crippen LogP contribution in [0.2, 0.25) is 0 Å². The fourth-order valence-electron chi connectivity index (χ4n) is 1.67. The van der Waals surface area contributed by atoms with Gasteiger partial charge in [0.2, 0.25) is 0 Å². The standard InChI is InChI=1S/C11H14N6O2/c12-7-3-6-8(16-5-17-10(6)18)4-9(7)14-1-2-15-11(13)19/h3-5,14H,1-2,12H2,(H3,13,15,19)(H,16,17,18). The predicted molar refractivity (Wildman–Crippen MR) is 72.9 cm³/mol. The quantitative estimate of drug-likeness (QED) is 0.376. The number of hydrogen-bond donors (Lipinski definition) is 5. The van der Waals surface area contributed by atoms with Crippen LogP contribution in [0.4, 0.5) is 16.2 Å². The number of benzene rings is 1. The molecule has 0 unspecified atom stereocenters. The van der Waals surface area contributed by atoms with Crippen LogP contribution in [0.3, 0.4) is 0 Å². The van der Waals surface area contributed by atoms with Crippen molar-refractivity contribution in [3.63, 3.8) is 0 Å². The van der Waals surface area contributed by atoms with Crippen LogP contribution in [0, 0.1) is 0 Å². The number of rotatable bonds is 4. The van der Waals surface area contributed by atoms with Gasteiger partial charge in [-0.05, 0) is 12.1 Å². The molecule has 2 amide bonds. The molecule has 0 aliphatic carbocycles. The van der Waals surface area contributed by atoms with Crippen LogP contribution in [0.5, 0.6) is 0 Å². The third-order valence-corrected chi connectivity index (χ3v) is 2.55. The molecule has 0 atom stereocenters. The molecule has 0 aliphatic heterocycles. The number of nitrogens with zero attached hydrogens (tertiary/aromatic N) is 1. The lowest BCUT2D eigenvalue weighted by molar-refractivity contribution is 0.249. The average molecular weight is 262 g/mol. The van der Waals surface area contributed by atoms with Crippen molar-refractivity contribution in [1.29, 1.82) is 0 Å². The van der Waals surface area contributed by atoms with Crippen LogP contribution in [0.1, 0.15) is 0 Å². The van der Waals surface area contributed by atoms with Crippen molar-refractivity contribution in [1.82, 2.24) is 15.3 Å². The van der Waals surface area contributed by atoms with Crippen LogP contribution in [0.15, 0.2) is 23.3 Å². The number of nitrogen functional groups attached to an aromatic ring is 1. The molecule has 0 aliphatic rings. The lowest BCUT2D eigenvalue weighted by atomic mass is 10.2. The zero-order valence-electron chi connectivity index (χ0n) is 10.1. The number of anilines is 2. The van der Waals surface area contributed by atoms with Gasteiger partial charge in [0, 0.05) is 13.1 Å². The normalized spacial score (nSPS) is 10.3. The maximum Gasteiger partial charge on any atom is 0.312 e. The molecule has 0 spiro atoms. The third-order valence-electron chi connectivity index (χ3n) is 2.55. The third kappa shape index (κ3) is 2.92. The monoisotopic (exact) mass is 262 g/mol. The lowest BCUT2D eigenvalue weighted by Gasteiger charge is -2.10. The first-order valence-corrected chi connectivity index (χ1v) is 5.62. The van der Waals surface area contributed by atoms with Crippen LogP contribution < -0.4 is 27.7 Å². The first-order valence-electron chi connectivity index (χ1n) is 5.62. The number of carbonyl (C=O) groups is 1. The van der Waals surface area contributed by atoms with Gasteiger partial charge in [-0.25, -0.2) is 9.78 Å². The number of nitrogens with two attached hydrogens (primary N) is 2. The van der Waals surface area contributed by atoms with Crippen LogP contribution in [0.25, 0.3) is 10.9 Å². The summed E-state index contributed by atoms with van der Waals surface area (Å²) >= 11 is 0. The Kier molecular flexibility index (Phi) is 3.51. The van der Waals surface area contributed by atoms with Crippen LogP contribution in [-0.2, 0) is 0 Å². The van der Waals surface area contributed by atoms with Crippen LogP contribution in [-0.4, -0.2) is 29.1 Å². The van der Waals surface area contributed by atoms with Gasteiger partial charge in [-0.2, -0.15) is 0 Å². The average Bonchev–Trinajstić information content (AvgIpc) is 2.36. The topological polar surface area (TPSA) is 139 Å². The van der Waals surface area contributed by atoms with Crippen molar-refractivity contribution in [2.45, 2.75) is 0 Å². The molecule has 0 saturated heterocycles. The van der Waals surface area contributed by atoms with E-state index in [0.29, 0.717) is 35.4 Å². The Balaban J connectivity index is 2.17. The van der Waals surface area contributed by atoms with Gasteiger partial charge < -0.3 is 27.1 Å². The van der Waals surface area contributed by atoms with Crippen LogP contribution >= 0.6 is 0 Å². The van der Waals surface area contributed by atoms with E-state index >= 15 is 0 Å². The molecule has 0 fully saturated rings. The van der Waals surface area contributed by atoms with Gasteiger partial charge in [0.1, 0.15) is 0 Å². The molecule has 1 aromatic carbocycles. The van der Waals surface area contributed by atoms with E-state index in [1.54, 1.807) is 12.1 Å². The van der Waals surface area contributed by atoms with Gasteiger partial charge >= 0.3 is 6.03 Å². The number of urea groups is 1. The number of primary amides is 1. The molecule has 1 heterocycles. The smallest absolute Gasteiger partial charge is 0.312 e. The molecule has 8 heteroatoms. The highest BCUT2D eigenvalue weighted by molar-refractivity contribution is 5.88. The predicted octanol–water partition coefficient (Wildman–Crippen LogP) is -0.414. The highest BCUT2D eigenvalue weighted by Gasteiger charge is 2.05. The molecule has 8 nitrogen and oxygen atoms in total. The molecule has 0 bridgehead atoms. The molecule has 7 N–H and O–H groups in total. The molecular formula is C11H14N6O2. The summed E-state index contributed by atoms with van der Waals surface area (Å²) in [6, 6.07) is 2.66. The molecule has 2 aromatic rings. The largest absolute Gasteiger partial charge is 0.397 e. The van der Waals surface area contributed by atoms with E-state index in [2.05, 4.69) is 20.6 Å². The summed E-state index contributed by atoms with van der Waals surface area (Å²) in [5.74, 6) is 0. The van der Waals surface area contributed by atoms with Gasteiger partial charge in [-0.15, -0.1) is 0 Å². The first kappa shape index (κ1) is 12.7. The van der Waals surface area contributed by atoms with Crippen molar-refractivity contribution in [3.8, 4) is 0 Å². The summed E-state index contributed by atoms with van der Waals surface area (Å²) in [7, 11) is 0. The minimum Gasteiger partial charge on any atom is -0.397 e. The van der Waals surface area contributed by atoms with E-state index < -0.39 is 6.03 Å². The Labute approximate surface area is 108 Å². The molecule has 0 saturated carbocycles. The van der Waals surface area contributed by atoms with E-state index in [0.717, 1.165) is 0 Å². The number of H-pyrrole nitrogens is 1. The zero-order valence-corrected chi connectivity index (χ0v) is 10.1. The van der Waals surface area contributed by atoms with Gasteiger partial charge in [-0.3, -0.25) is 4.79 Å². The summed E-state index contributed by atoms with van der Waals surface area (Å²) < 4.78 is 0. The molecule has 19 heavy (non-hydrogen) atoms. The summed E-state index contributed by atoms with van der Waals surface area (Å²) in [6.07, 6.45) is 1.33. The van der Waals surface area contributed by atoms with Gasteiger partial charge in [0.15, 0.2) is 0 Å².